The van der Waals surface area contributed by atoms with E-state index in [0.717, 1.165) is 31.6 Å². The van der Waals surface area contributed by atoms with E-state index in [1.807, 2.05) is 6.92 Å². The second kappa shape index (κ2) is 10.0. The smallest absolute Gasteiger partial charge is 0.337 e. The number of halogens is 1. The molecule has 1 fully saturated rings. The molecule has 36 heavy (non-hydrogen) atoms. The van der Waals surface area contributed by atoms with E-state index in [-0.39, 0.29) is 17.1 Å². The Balaban J connectivity index is 1.55. The number of morpholine rings is 1. The van der Waals surface area contributed by atoms with Gasteiger partial charge in [-0.2, -0.15) is 0 Å². The number of esters is 1. The predicted molar refractivity (Wildman–Crippen MR) is 135 cm³/mol. The van der Waals surface area contributed by atoms with Gasteiger partial charge < -0.3 is 18.8 Å². The molecule has 0 N–H and O–H groups in total. The summed E-state index contributed by atoms with van der Waals surface area (Å²) in [5.74, 6) is -0.717. The van der Waals surface area contributed by atoms with Crippen molar-refractivity contribution in [2.75, 3.05) is 46.5 Å². The van der Waals surface area contributed by atoms with Crippen molar-refractivity contribution in [3.8, 4) is 0 Å². The van der Waals surface area contributed by atoms with Crippen LogP contribution in [0.25, 0.3) is 11.0 Å². The Morgan fingerprint density at radius 3 is 2.53 bits per heavy atom. The minimum Gasteiger partial charge on any atom is -0.465 e. The number of amides is 1. The molecule has 0 bridgehead atoms. The summed E-state index contributed by atoms with van der Waals surface area (Å²) in [6, 6.07) is 9.43. The zero-order valence-electron chi connectivity index (χ0n) is 20.2. The first-order valence-electron chi connectivity index (χ1n) is 11.9. The van der Waals surface area contributed by atoms with Crippen molar-refractivity contribution < 1.29 is 23.5 Å². The number of aryl methyl sites for hydroxylation is 1. The first-order valence-corrected chi connectivity index (χ1v) is 12.3. The normalized spacial score (nSPS) is 18.0. The zero-order valence-corrected chi connectivity index (χ0v) is 21.0. The van der Waals surface area contributed by atoms with Gasteiger partial charge in [0, 0.05) is 31.2 Å². The molecule has 1 amide bonds. The van der Waals surface area contributed by atoms with Crippen molar-refractivity contribution in [3.63, 3.8) is 0 Å². The number of carbonyl (C=O) groups is 2. The maximum Gasteiger partial charge on any atom is 0.337 e. The van der Waals surface area contributed by atoms with Crippen LogP contribution in [-0.4, -0.2) is 68.2 Å². The highest BCUT2D eigenvalue weighted by Crippen LogP contribution is 2.39. The van der Waals surface area contributed by atoms with E-state index >= 15 is 0 Å². The van der Waals surface area contributed by atoms with E-state index in [4.69, 9.17) is 25.5 Å². The predicted octanol–water partition coefficient (Wildman–Crippen LogP) is 3.81. The summed E-state index contributed by atoms with van der Waals surface area (Å²) < 4.78 is 16.3. The molecule has 2 aromatic carbocycles. The quantitative estimate of drug-likeness (QED) is 0.466. The number of methoxy groups -OCH3 is 1. The third kappa shape index (κ3) is 4.40. The molecule has 1 unspecified atom stereocenters. The highest BCUT2D eigenvalue weighted by molar-refractivity contribution is 6.32. The van der Waals surface area contributed by atoms with Gasteiger partial charge in [-0.15, -0.1) is 0 Å². The van der Waals surface area contributed by atoms with E-state index in [9.17, 15) is 14.4 Å². The summed E-state index contributed by atoms with van der Waals surface area (Å²) in [7, 11) is 1.32. The fourth-order valence-corrected chi connectivity index (χ4v) is 5.09. The molecule has 2 aliphatic rings. The van der Waals surface area contributed by atoms with Crippen LogP contribution >= 0.6 is 11.6 Å². The number of nitrogens with zero attached hydrogens (tertiary/aromatic N) is 2. The molecule has 2 aliphatic heterocycles. The maximum atomic E-state index is 13.7. The van der Waals surface area contributed by atoms with Crippen molar-refractivity contribution in [1.29, 1.82) is 0 Å². The van der Waals surface area contributed by atoms with Gasteiger partial charge in [-0.3, -0.25) is 14.5 Å². The number of ether oxygens (including phenoxy) is 2. The first-order chi connectivity index (χ1) is 17.4. The summed E-state index contributed by atoms with van der Waals surface area (Å²) in [6.45, 7) is 6.21. The van der Waals surface area contributed by atoms with Crippen molar-refractivity contribution in [2.45, 2.75) is 19.4 Å². The third-order valence-electron chi connectivity index (χ3n) is 6.87. The van der Waals surface area contributed by atoms with Crippen LogP contribution in [0.15, 0.2) is 45.6 Å². The van der Waals surface area contributed by atoms with Crippen LogP contribution in [0.4, 0.5) is 0 Å². The molecule has 0 aliphatic carbocycles. The van der Waals surface area contributed by atoms with Gasteiger partial charge in [0.05, 0.1) is 42.9 Å². The van der Waals surface area contributed by atoms with Gasteiger partial charge >= 0.3 is 5.97 Å². The number of carbonyl (C=O) groups excluding carboxylic acids is 2. The molecule has 0 saturated carbocycles. The van der Waals surface area contributed by atoms with Crippen LogP contribution in [0.5, 0.6) is 0 Å². The molecule has 3 aromatic rings. The van der Waals surface area contributed by atoms with E-state index in [0.29, 0.717) is 52.4 Å². The summed E-state index contributed by atoms with van der Waals surface area (Å²) in [4.78, 5) is 43.2. The number of hydrogen-bond donors (Lipinski definition) is 0. The topological polar surface area (TPSA) is 89.3 Å². The van der Waals surface area contributed by atoms with Crippen LogP contribution in [0.1, 0.15) is 50.1 Å². The van der Waals surface area contributed by atoms with Crippen LogP contribution in [-0.2, 0) is 9.47 Å². The van der Waals surface area contributed by atoms with Crippen molar-refractivity contribution in [1.82, 2.24) is 9.80 Å². The average Bonchev–Trinajstić information content (AvgIpc) is 3.17. The second-order valence-electron chi connectivity index (χ2n) is 9.09. The Hall–Kier alpha value is -3.20. The minimum atomic E-state index is -0.635. The summed E-state index contributed by atoms with van der Waals surface area (Å²) in [5.41, 5.74) is 2.21. The SMILES string of the molecule is COC(=O)c1ccc(C2c3c(oc4cc(C)c(Cl)cc4c3=O)C(=O)N2CCCN2CCOCC2)cc1. The molecule has 8 nitrogen and oxygen atoms in total. The lowest BCUT2D eigenvalue weighted by molar-refractivity contribution is 0.0353. The monoisotopic (exact) mass is 510 g/mol. The Bertz CT molecular complexity index is 1380. The highest BCUT2D eigenvalue weighted by Gasteiger charge is 2.42. The van der Waals surface area contributed by atoms with E-state index in [2.05, 4.69) is 4.90 Å². The first kappa shape index (κ1) is 24.5. The highest BCUT2D eigenvalue weighted by atomic mass is 35.5. The maximum absolute atomic E-state index is 13.7. The number of fused-ring (bicyclic) bond motifs is 2. The molecular formula is C27H27ClN2O6. The van der Waals surface area contributed by atoms with Crippen LogP contribution in [0, 0.1) is 6.92 Å². The minimum absolute atomic E-state index is 0.0580. The average molecular weight is 511 g/mol. The lowest BCUT2D eigenvalue weighted by Crippen LogP contribution is -2.38. The second-order valence-corrected chi connectivity index (χ2v) is 9.50. The summed E-state index contributed by atoms with van der Waals surface area (Å²) in [5, 5.41) is 0.795. The Kier molecular flexibility index (Phi) is 6.83. The molecule has 5 rings (SSSR count). The van der Waals surface area contributed by atoms with Crippen molar-refractivity contribution in [3.05, 3.63) is 79.7 Å². The van der Waals surface area contributed by atoms with Gasteiger partial charge in [0.15, 0.2) is 5.43 Å². The van der Waals surface area contributed by atoms with E-state index < -0.39 is 12.0 Å². The van der Waals surface area contributed by atoms with Gasteiger partial charge in [0.1, 0.15) is 5.58 Å². The fourth-order valence-electron chi connectivity index (χ4n) is 4.93. The molecule has 1 aromatic heterocycles. The lowest BCUT2D eigenvalue weighted by atomic mass is 9.97. The molecule has 0 spiro atoms. The molecule has 188 valence electrons. The van der Waals surface area contributed by atoms with Crippen LogP contribution < -0.4 is 5.43 Å². The fraction of sp³-hybridized carbons (Fsp3) is 0.370. The summed E-state index contributed by atoms with van der Waals surface area (Å²) in [6.07, 6.45) is 0.731. The van der Waals surface area contributed by atoms with E-state index in [1.54, 1.807) is 41.3 Å². The van der Waals surface area contributed by atoms with Crippen molar-refractivity contribution >= 4 is 34.4 Å². The number of benzene rings is 2. The lowest BCUT2D eigenvalue weighted by Gasteiger charge is -2.29. The standard InChI is InChI=1S/C27H27ClN2O6/c1-16-14-21-19(15-20(16)28)24(31)22-23(17-4-6-18(7-5-17)27(33)34-2)30(26(32)25(22)36-21)9-3-8-29-10-12-35-13-11-29/h4-7,14-15,23H,3,8-13H2,1-2H3. The van der Waals surface area contributed by atoms with Gasteiger partial charge in [0.25, 0.3) is 5.91 Å². The Morgan fingerprint density at radius 1 is 1.11 bits per heavy atom. The van der Waals surface area contributed by atoms with Crippen LogP contribution in [0.3, 0.4) is 0 Å². The summed E-state index contributed by atoms with van der Waals surface area (Å²) >= 11 is 6.31. The Labute approximate surface area is 213 Å². The van der Waals surface area contributed by atoms with Gasteiger partial charge in [-0.25, -0.2) is 4.79 Å². The van der Waals surface area contributed by atoms with Crippen LogP contribution in [0.2, 0.25) is 5.02 Å². The largest absolute Gasteiger partial charge is 0.465 e. The van der Waals surface area contributed by atoms with Gasteiger partial charge in [0.2, 0.25) is 5.76 Å². The molecule has 9 heteroatoms. The molecular weight excluding hydrogens is 484 g/mol. The Morgan fingerprint density at radius 2 is 1.83 bits per heavy atom. The number of rotatable bonds is 6. The zero-order chi connectivity index (χ0) is 25.4. The van der Waals surface area contributed by atoms with Gasteiger partial charge in [-0.05, 0) is 48.7 Å². The van der Waals surface area contributed by atoms with Gasteiger partial charge in [-0.1, -0.05) is 23.7 Å². The molecule has 0 radical (unpaired) electrons. The van der Waals surface area contributed by atoms with E-state index in [1.165, 1.54) is 7.11 Å². The molecule has 1 saturated heterocycles. The molecule has 1 atom stereocenters. The van der Waals surface area contributed by atoms with Crippen molar-refractivity contribution in [2.24, 2.45) is 0 Å². The molecule has 3 heterocycles. The third-order valence-corrected chi connectivity index (χ3v) is 7.28. The number of hydrogen-bond acceptors (Lipinski definition) is 7.